The molecule has 1 aliphatic rings. The highest BCUT2D eigenvalue weighted by Gasteiger charge is 2.38. The van der Waals surface area contributed by atoms with Gasteiger partial charge in [0, 0.05) is 49.4 Å². The summed E-state index contributed by atoms with van der Waals surface area (Å²) in [5, 5.41) is 8.69. The second-order valence-corrected chi connectivity index (χ2v) is 10.9. The summed E-state index contributed by atoms with van der Waals surface area (Å²) in [4.78, 5) is 16.9. The van der Waals surface area contributed by atoms with Crippen LogP contribution < -0.4 is 9.62 Å². The summed E-state index contributed by atoms with van der Waals surface area (Å²) < 4.78 is 74.4. The lowest BCUT2D eigenvalue weighted by atomic mass is 10.1. The van der Waals surface area contributed by atoms with Gasteiger partial charge < -0.3 is 10.0 Å². The molecule has 14 heteroatoms. The molecule has 206 valence electrons. The van der Waals surface area contributed by atoms with Gasteiger partial charge >= 0.3 is 12.1 Å². The van der Waals surface area contributed by atoms with Gasteiger partial charge in [-0.05, 0) is 31.0 Å². The molecular weight excluding hydrogens is 548 g/mol. The van der Waals surface area contributed by atoms with E-state index in [2.05, 4.69) is 31.6 Å². The fraction of sp³-hybridized carbons (Fsp3) is 0.333. The molecule has 0 radical (unpaired) electrons. The Balaban J connectivity index is 0.000000505. The van der Waals surface area contributed by atoms with Gasteiger partial charge in [-0.3, -0.25) is 9.62 Å². The number of benzene rings is 2. The lowest BCUT2D eigenvalue weighted by Crippen LogP contribution is -2.35. The topological polar surface area (TPSA) is 103 Å². The van der Waals surface area contributed by atoms with Crippen molar-refractivity contribution in [3.8, 4) is 0 Å². The predicted molar refractivity (Wildman–Crippen MR) is 136 cm³/mol. The molecule has 1 fully saturated rings. The molecule has 1 aromatic heterocycles. The van der Waals surface area contributed by atoms with E-state index in [0.717, 1.165) is 26.1 Å². The molecule has 1 aliphatic heterocycles. The van der Waals surface area contributed by atoms with Crippen LogP contribution in [0.3, 0.4) is 0 Å². The van der Waals surface area contributed by atoms with Crippen molar-refractivity contribution in [3.63, 3.8) is 0 Å². The van der Waals surface area contributed by atoms with E-state index >= 15 is 4.39 Å². The largest absolute Gasteiger partial charge is 0.490 e. The zero-order chi connectivity index (χ0) is 28.1. The Kier molecular flexibility index (Phi) is 9.33. The molecule has 0 spiro atoms. The Labute approximate surface area is 221 Å². The number of nitrogens with zero attached hydrogens (tertiary/aromatic N) is 3. The lowest BCUT2D eigenvalue weighted by Gasteiger charge is -2.29. The van der Waals surface area contributed by atoms with Gasteiger partial charge in [0.15, 0.2) is 5.82 Å². The van der Waals surface area contributed by atoms with Gasteiger partial charge in [0.05, 0.1) is 5.51 Å². The Morgan fingerprint density at radius 1 is 1.24 bits per heavy atom. The number of likely N-dealkylation sites (tertiary alicyclic amines) is 1. The highest BCUT2D eigenvalue weighted by atomic mass is 32.2. The van der Waals surface area contributed by atoms with E-state index in [-0.39, 0.29) is 16.8 Å². The van der Waals surface area contributed by atoms with E-state index in [9.17, 15) is 21.6 Å². The van der Waals surface area contributed by atoms with Crippen LogP contribution >= 0.6 is 11.3 Å². The average molecular weight is 575 g/mol. The number of carboxylic acid groups (broad SMARTS) is 1. The smallest absolute Gasteiger partial charge is 0.475 e. The molecule has 1 atom stereocenters. The fourth-order valence-electron chi connectivity index (χ4n) is 4.01. The highest BCUT2D eigenvalue weighted by Crippen LogP contribution is 2.31. The number of alkyl halides is 3. The van der Waals surface area contributed by atoms with Crippen LogP contribution in [0.25, 0.3) is 0 Å². The number of carboxylic acids is 1. The summed E-state index contributed by atoms with van der Waals surface area (Å²) in [5.74, 6) is -3.30. The minimum atomic E-state index is -5.08. The van der Waals surface area contributed by atoms with Crippen LogP contribution in [0, 0.1) is 12.7 Å². The molecule has 38 heavy (non-hydrogen) atoms. The second kappa shape index (κ2) is 12.1. The summed E-state index contributed by atoms with van der Waals surface area (Å²) in [7, 11) is -2.10. The van der Waals surface area contributed by atoms with Crippen LogP contribution in [-0.2, 0) is 21.4 Å². The third-order valence-electron chi connectivity index (χ3n) is 5.95. The van der Waals surface area contributed by atoms with Gasteiger partial charge in [0.25, 0.3) is 10.0 Å². The number of halogens is 4. The van der Waals surface area contributed by atoms with E-state index < -0.39 is 28.0 Å². The molecule has 0 bridgehead atoms. The number of anilines is 2. The van der Waals surface area contributed by atoms with Gasteiger partial charge in [0.1, 0.15) is 10.7 Å². The monoisotopic (exact) mass is 574 g/mol. The summed E-state index contributed by atoms with van der Waals surface area (Å²) in [5.41, 5.74) is 3.82. The fourth-order valence-corrected chi connectivity index (χ4v) is 5.70. The van der Waals surface area contributed by atoms with Crippen molar-refractivity contribution in [2.45, 2.75) is 37.0 Å². The minimum Gasteiger partial charge on any atom is -0.475 e. The molecule has 2 heterocycles. The van der Waals surface area contributed by atoms with Crippen LogP contribution in [-0.4, -0.2) is 61.7 Å². The molecule has 0 amide bonds. The van der Waals surface area contributed by atoms with Crippen LogP contribution in [0.5, 0.6) is 0 Å². The summed E-state index contributed by atoms with van der Waals surface area (Å²) in [6, 6.07) is 13.6. The number of carbonyl (C=O) groups is 1. The first kappa shape index (κ1) is 29.3. The molecule has 0 unspecified atom stereocenters. The van der Waals surface area contributed by atoms with E-state index in [4.69, 9.17) is 9.90 Å². The van der Waals surface area contributed by atoms with Crippen LogP contribution in [0.15, 0.2) is 58.3 Å². The molecule has 2 N–H and O–H groups in total. The van der Waals surface area contributed by atoms with Crippen molar-refractivity contribution < 1.29 is 35.9 Å². The van der Waals surface area contributed by atoms with Crippen LogP contribution in [0.1, 0.15) is 17.5 Å². The molecular formula is C24H26F4N4O4S2. The van der Waals surface area contributed by atoms with E-state index in [1.807, 2.05) is 25.2 Å². The number of sulfonamides is 1. The zero-order valence-corrected chi connectivity index (χ0v) is 22.1. The zero-order valence-electron chi connectivity index (χ0n) is 20.4. The van der Waals surface area contributed by atoms with Crippen LogP contribution in [0.4, 0.5) is 29.1 Å². The minimum absolute atomic E-state index is 0.188. The van der Waals surface area contributed by atoms with Gasteiger partial charge in [-0.2, -0.15) is 13.2 Å². The summed E-state index contributed by atoms with van der Waals surface area (Å²) in [6.07, 6.45) is -4.12. The number of rotatable bonds is 7. The number of hydrogen-bond donors (Lipinski definition) is 2. The van der Waals surface area contributed by atoms with E-state index in [1.165, 1.54) is 28.5 Å². The van der Waals surface area contributed by atoms with Gasteiger partial charge in [0.2, 0.25) is 0 Å². The number of nitrogens with one attached hydrogen (secondary N) is 1. The van der Waals surface area contributed by atoms with Crippen molar-refractivity contribution in [2.75, 3.05) is 29.8 Å². The molecule has 8 nitrogen and oxygen atoms in total. The maximum atomic E-state index is 15.1. The van der Waals surface area contributed by atoms with Crippen molar-refractivity contribution in [1.29, 1.82) is 0 Å². The van der Waals surface area contributed by atoms with Crippen LogP contribution in [0.2, 0.25) is 0 Å². The number of aliphatic carboxylic acids is 1. The quantitative estimate of drug-likeness (QED) is 0.393. The van der Waals surface area contributed by atoms with E-state index in [0.29, 0.717) is 11.3 Å². The molecule has 3 aromatic rings. The number of thiazole rings is 1. The number of hydrogen-bond acceptors (Lipinski definition) is 7. The normalized spacial score (nSPS) is 16.0. The molecule has 4 rings (SSSR count). The second-order valence-electron chi connectivity index (χ2n) is 8.58. The van der Waals surface area contributed by atoms with Gasteiger partial charge in [-0.15, -0.1) is 11.3 Å². The maximum Gasteiger partial charge on any atom is 0.490 e. The summed E-state index contributed by atoms with van der Waals surface area (Å²) >= 11 is 1.26. The standard InChI is InChI=1S/C22H25FN4O2S2.C2HF3O2/c1-16-19(8-9-20(22(16)23)31(28,29)25-21-14-30-15-24-21)26(2)18-10-11-27(13-18)12-17-6-4-3-5-7-17;3-2(4,5)1(6)7/h3-9,14-15,18,25H,10-13H2,1-2H3;(H,6,7)/t18-;/m0./s1. The Morgan fingerprint density at radius 3 is 2.47 bits per heavy atom. The van der Waals surface area contributed by atoms with Crippen molar-refractivity contribution in [3.05, 3.63) is 70.3 Å². The van der Waals surface area contributed by atoms with Gasteiger partial charge in [-0.25, -0.2) is 22.6 Å². The molecule has 0 saturated carbocycles. The Bertz CT molecular complexity index is 1340. The van der Waals surface area contributed by atoms with Gasteiger partial charge in [-0.1, -0.05) is 30.3 Å². The first-order chi connectivity index (χ1) is 17.8. The average Bonchev–Trinajstić information content (AvgIpc) is 3.52. The van der Waals surface area contributed by atoms with Crippen molar-refractivity contribution >= 4 is 38.8 Å². The number of likely N-dealkylation sites (N-methyl/N-ethyl adjacent to an activating group) is 1. The van der Waals surface area contributed by atoms with Crippen molar-refractivity contribution in [2.24, 2.45) is 0 Å². The Morgan fingerprint density at radius 2 is 1.89 bits per heavy atom. The number of aromatic nitrogens is 1. The third-order valence-corrected chi connectivity index (χ3v) is 7.91. The maximum absolute atomic E-state index is 15.1. The van der Waals surface area contributed by atoms with Crippen molar-refractivity contribution in [1.82, 2.24) is 9.88 Å². The highest BCUT2D eigenvalue weighted by molar-refractivity contribution is 7.92. The summed E-state index contributed by atoms with van der Waals surface area (Å²) in [6.45, 7) is 4.35. The van der Waals surface area contributed by atoms with E-state index in [1.54, 1.807) is 18.4 Å². The SMILES string of the molecule is Cc1c(N(C)[C@H]2CCN(Cc3ccccc3)C2)ccc(S(=O)(=O)Nc2cscn2)c1F.O=C(O)C(F)(F)F. The Hall–Kier alpha value is -3.23. The molecule has 2 aromatic carbocycles. The molecule has 0 aliphatic carbocycles. The first-order valence-electron chi connectivity index (χ1n) is 11.3. The third kappa shape index (κ3) is 7.42. The lowest BCUT2D eigenvalue weighted by molar-refractivity contribution is -0.192. The molecule has 1 saturated heterocycles. The predicted octanol–water partition coefficient (Wildman–Crippen LogP) is 4.74. The first-order valence-corrected chi connectivity index (χ1v) is 13.7.